The third kappa shape index (κ3) is 7.51. The fourth-order valence-corrected chi connectivity index (χ4v) is 2.90. The number of amides is 2. The van der Waals surface area contributed by atoms with Gasteiger partial charge in [-0.1, -0.05) is 46.3 Å². The summed E-state index contributed by atoms with van der Waals surface area (Å²) < 4.78 is 19.0. The normalized spacial score (nSPS) is 10.8. The van der Waals surface area contributed by atoms with E-state index in [9.17, 15) is 18.8 Å². The molecule has 0 aliphatic rings. The maximum atomic E-state index is 12.9. The summed E-state index contributed by atoms with van der Waals surface area (Å²) in [5.41, 5.74) is 3.56. The first-order valence-corrected chi connectivity index (χ1v) is 10.3. The van der Waals surface area contributed by atoms with Gasteiger partial charge in [0.2, 0.25) is 0 Å². The third-order valence-electron chi connectivity index (χ3n) is 4.07. The molecule has 0 aliphatic heterocycles. The molecule has 0 fully saturated rings. The Labute approximate surface area is 197 Å². The second-order valence-electron chi connectivity index (χ2n) is 6.51. The molecule has 0 heterocycles. The van der Waals surface area contributed by atoms with Crippen LogP contribution in [-0.2, 0) is 14.4 Å². The van der Waals surface area contributed by atoms with Gasteiger partial charge in [0.15, 0.2) is 0 Å². The average molecular weight is 510 g/mol. The lowest BCUT2D eigenvalue weighted by Gasteiger charge is -2.06. The lowest BCUT2D eigenvalue weighted by molar-refractivity contribution is -0.136. The summed E-state index contributed by atoms with van der Waals surface area (Å²) in [5.74, 6) is -2.88. The summed E-state index contributed by atoms with van der Waals surface area (Å²) in [6.07, 6.45) is 4.14. The van der Waals surface area contributed by atoms with Crippen molar-refractivity contribution in [3.63, 3.8) is 0 Å². The largest absolute Gasteiger partial charge is 0.423 e. The van der Waals surface area contributed by atoms with Crippen LogP contribution in [0.5, 0.6) is 5.75 Å². The number of benzene rings is 3. The zero-order valence-corrected chi connectivity index (χ0v) is 18.6. The molecule has 9 heteroatoms. The van der Waals surface area contributed by atoms with E-state index in [0.29, 0.717) is 10.0 Å². The van der Waals surface area contributed by atoms with Crippen molar-refractivity contribution in [2.24, 2.45) is 5.10 Å². The van der Waals surface area contributed by atoms with Crippen LogP contribution in [0.4, 0.5) is 10.1 Å². The Balaban J connectivity index is 1.61. The van der Waals surface area contributed by atoms with Gasteiger partial charge in [-0.3, -0.25) is 9.59 Å². The van der Waals surface area contributed by atoms with Crippen molar-refractivity contribution in [2.75, 3.05) is 5.32 Å². The molecule has 0 unspecified atom stereocenters. The monoisotopic (exact) mass is 509 g/mol. The molecule has 3 aromatic carbocycles. The summed E-state index contributed by atoms with van der Waals surface area (Å²) in [4.78, 5) is 36.0. The Morgan fingerprint density at radius 2 is 1.67 bits per heavy atom. The van der Waals surface area contributed by atoms with Crippen LogP contribution in [0.2, 0.25) is 0 Å². The van der Waals surface area contributed by atoms with E-state index in [-0.39, 0.29) is 11.4 Å². The molecule has 0 saturated heterocycles. The van der Waals surface area contributed by atoms with E-state index in [4.69, 9.17) is 4.74 Å². The van der Waals surface area contributed by atoms with Gasteiger partial charge < -0.3 is 10.1 Å². The van der Waals surface area contributed by atoms with Gasteiger partial charge in [-0.05, 0) is 54.1 Å². The minimum Gasteiger partial charge on any atom is -0.423 e. The van der Waals surface area contributed by atoms with Crippen LogP contribution in [0.15, 0.2) is 88.4 Å². The smallest absolute Gasteiger partial charge is 0.336 e. The quantitative estimate of drug-likeness (QED) is 0.129. The molecule has 0 saturated carbocycles. The molecular formula is C24H17BrFN3O4. The number of rotatable bonds is 6. The fraction of sp³-hybridized carbons (Fsp3) is 0. The van der Waals surface area contributed by atoms with Crippen molar-refractivity contribution in [2.45, 2.75) is 0 Å². The van der Waals surface area contributed by atoms with E-state index in [2.05, 4.69) is 31.8 Å². The molecule has 7 nitrogen and oxygen atoms in total. The number of esters is 1. The van der Waals surface area contributed by atoms with E-state index in [1.54, 1.807) is 24.3 Å². The lowest BCUT2D eigenvalue weighted by atomic mass is 10.2. The highest BCUT2D eigenvalue weighted by Gasteiger charge is 2.13. The number of carbonyl (C=O) groups is 3. The Hall–Kier alpha value is -4.11. The molecule has 166 valence electrons. The minimum atomic E-state index is -1.03. The second-order valence-corrected chi connectivity index (χ2v) is 7.42. The molecule has 0 radical (unpaired) electrons. The molecule has 0 atom stereocenters. The van der Waals surface area contributed by atoms with Gasteiger partial charge in [0.25, 0.3) is 0 Å². The maximum Gasteiger partial charge on any atom is 0.336 e. The van der Waals surface area contributed by atoms with Crippen LogP contribution in [0.3, 0.4) is 0 Å². The van der Waals surface area contributed by atoms with Gasteiger partial charge >= 0.3 is 17.8 Å². The van der Waals surface area contributed by atoms with Gasteiger partial charge in [0, 0.05) is 21.8 Å². The Kier molecular flexibility index (Phi) is 8.20. The zero-order valence-electron chi connectivity index (χ0n) is 17.0. The van der Waals surface area contributed by atoms with Crippen LogP contribution in [0.1, 0.15) is 11.1 Å². The number of hydrogen-bond donors (Lipinski definition) is 2. The van der Waals surface area contributed by atoms with Crippen molar-refractivity contribution in [1.82, 2.24) is 5.43 Å². The SMILES string of the molecule is O=C(/C=C/c1ccccc1)Oc1ccc(Br)cc1/C=N\NC(=O)C(=O)Nc1ccc(F)cc1. The van der Waals surface area contributed by atoms with E-state index >= 15 is 0 Å². The highest BCUT2D eigenvalue weighted by atomic mass is 79.9. The highest BCUT2D eigenvalue weighted by Crippen LogP contribution is 2.22. The molecule has 2 N–H and O–H groups in total. The summed E-state index contributed by atoms with van der Waals surface area (Å²) in [7, 11) is 0. The molecule has 0 spiro atoms. The first-order chi connectivity index (χ1) is 15.9. The van der Waals surface area contributed by atoms with Crippen LogP contribution < -0.4 is 15.5 Å². The Morgan fingerprint density at radius 3 is 2.39 bits per heavy atom. The first kappa shape index (κ1) is 23.6. The standard InChI is InChI=1S/C24H17BrFN3O4/c25-18-7-12-21(33-22(30)13-6-16-4-2-1-3-5-16)17(14-18)15-27-29-24(32)23(31)28-20-10-8-19(26)9-11-20/h1-15H,(H,28,31)(H,29,32)/b13-6+,27-15-. The summed E-state index contributed by atoms with van der Waals surface area (Å²) in [5, 5.41) is 6.06. The lowest BCUT2D eigenvalue weighted by Crippen LogP contribution is -2.32. The van der Waals surface area contributed by atoms with Crippen LogP contribution in [-0.4, -0.2) is 24.0 Å². The van der Waals surface area contributed by atoms with E-state index in [0.717, 1.165) is 17.7 Å². The number of hydrazone groups is 1. The number of nitrogens with zero attached hydrogens (tertiary/aromatic N) is 1. The molecule has 0 aromatic heterocycles. The minimum absolute atomic E-state index is 0.203. The third-order valence-corrected chi connectivity index (χ3v) is 4.57. The van der Waals surface area contributed by atoms with Crippen LogP contribution in [0, 0.1) is 5.82 Å². The Morgan fingerprint density at radius 1 is 0.939 bits per heavy atom. The number of nitrogens with one attached hydrogen (secondary N) is 2. The maximum absolute atomic E-state index is 12.9. The van der Waals surface area contributed by atoms with Gasteiger partial charge in [0.1, 0.15) is 11.6 Å². The Bertz CT molecular complexity index is 1210. The molecule has 33 heavy (non-hydrogen) atoms. The number of carbonyl (C=O) groups excluding carboxylic acids is 3. The molecular weight excluding hydrogens is 493 g/mol. The average Bonchev–Trinajstić information content (AvgIpc) is 2.81. The van der Waals surface area contributed by atoms with Gasteiger partial charge in [-0.2, -0.15) is 5.10 Å². The fourth-order valence-electron chi connectivity index (χ4n) is 2.52. The van der Waals surface area contributed by atoms with E-state index < -0.39 is 23.6 Å². The summed E-state index contributed by atoms with van der Waals surface area (Å²) in [6.45, 7) is 0. The van der Waals surface area contributed by atoms with Gasteiger partial charge in [0.05, 0.1) is 6.21 Å². The van der Waals surface area contributed by atoms with Crippen molar-refractivity contribution >= 4 is 51.7 Å². The predicted octanol–water partition coefficient (Wildman–Crippen LogP) is 4.30. The molecule has 0 bridgehead atoms. The van der Waals surface area contributed by atoms with Crippen molar-refractivity contribution in [1.29, 1.82) is 0 Å². The first-order valence-electron chi connectivity index (χ1n) is 9.55. The van der Waals surface area contributed by atoms with Crippen molar-refractivity contribution < 1.29 is 23.5 Å². The summed E-state index contributed by atoms with van der Waals surface area (Å²) in [6, 6.07) is 19.0. The number of anilines is 1. The van der Waals surface area contributed by atoms with Gasteiger partial charge in [-0.25, -0.2) is 14.6 Å². The molecule has 0 aliphatic carbocycles. The predicted molar refractivity (Wildman–Crippen MR) is 126 cm³/mol. The van der Waals surface area contributed by atoms with Gasteiger partial charge in [-0.15, -0.1) is 0 Å². The topological polar surface area (TPSA) is 96.9 Å². The number of ether oxygens (including phenoxy) is 1. The number of hydrogen-bond acceptors (Lipinski definition) is 5. The number of halogens is 2. The highest BCUT2D eigenvalue weighted by molar-refractivity contribution is 9.10. The van der Waals surface area contributed by atoms with Crippen LogP contribution in [0.25, 0.3) is 6.08 Å². The van der Waals surface area contributed by atoms with E-state index in [1.165, 1.54) is 24.4 Å². The second kappa shape index (κ2) is 11.5. The van der Waals surface area contributed by atoms with E-state index in [1.807, 2.05) is 30.3 Å². The van der Waals surface area contributed by atoms with Crippen molar-refractivity contribution in [3.8, 4) is 5.75 Å². The molecule has 3 rings (SSSR count). The van der Waals surface area contributed by atoms with Crippen LogP contribution >= 0.6 is 15.9 Å². The molecule has 3 aromatic rings. The zero-order chi connectivity index (χ0) is 23.6. The summed E-state index contributed by atoms with van der Waals surface area (Å²) >= 11 is 3.32. The molecule has 2 amide bonds. The van der Waals surface area contributed by atoms with Crippen molar-refractivity contribution in [3.05, 3.63) is 100 Å².